The zero-order valence-corrected chi connectivity index (χ0v) is 12.4. The van der Waals surface area contributed by atoms with Crippen molar-refractivity contribution in [3.05, 3.63) is 30.1 Å². The minimum absolute atomic E-state index is 0.182. The molecule has 21 heavy (non-hydrogen) atoms. The van der Waals surface area contributed by atoms with Crippen molar-refractivity contribution in [2.24, 2.45) is 5.92 Å². The summed E-state index contributed by atoms with van der Waals surface area (Å²) in [5.74, 6) is -0.385. The standard InChI is InChI=1S/C15H20N2O4/c1-10(2)8-17-15(20)11(3)21-13-6-4-12(16-9-13)5-7-14(18)19/h4-7,9-11H,8H2,1-3H3,(H,17,20)(H,18,19). The fourth-order valence-corrected chi connectivity index (χ4v) is 1.42. The molecule has 0 bridgehead atoms. The van der Waals surface area contributed by atoms with Crippen LogP contribution in [0.25, 0.3) is 6.08 Å². The van der Waals surface area contributed by atoms with Gasteiger partial charge in [0.1, 0.15) is 5.75 Å². The van der Waals surface area contributed by atoms with Crippen LogP contribution in [0.3, 0.4) is 0 Å². The molecule has 1 amide bonds. The van der Waals surface area contributed by atoms with Gasteiger partial charge in [0.05, 0.1) is 11.9 Å². The van der Waals surface area contributed by atoms with Gasteiger partial charge in [-0.2, -0.15) is 0 Å². The third-order valence-electron chi connectivity index (χ3n) is 2.52. The Balaban J connectivity index is 2.55. The van der Waals surface area contributed by atoms with E-state index >= 15 is 0 Å². The topological polar surface area (TPSA) is 88.5 Å². The van der Waals surface area contributed by atoms with Crippen molar-refractivity contribution in [1.29, 1.82) is 0 Å². The van der Waals surface area contributed by atoms with Crippen LogP contribution in [0.15, 0.2) is 24.4 Å². The SMILES string of the molecule is CC(C)CNC(=O)C(C)Oc1ccc(C=CC(=O)O)nc1. The van der Waals surface area contributed by atoms with Crippen LogP contribution in [-0.4, -0.2) is 34.6 Å². The number of hydrogen-bond donors (Lipinski definition) is 2. The first kappa shape index (κ1) is 16.7. The molecule has 0 radical (unpaired) electrons. The van der Waals surface area contributed by atoms with Gasteiger partial charge in [-0.1, -0.05) is 13.8 Å². The molecule has 0 saturated heterocycles. The number of aromatic nitrogens is 1. The molecule has 1 rings (SSSR count). The van der Waals surface area contributed by atoms with Crippen molar-refractivity contribution >= 4 is 18.0 Å². The number of ether oxygens (including phenoxy) is 1. The zero-order chi connectivity index (χ0) is 15.8. The number of pyridine rings is 1. The molecule has 114 valence electrons. The summed E-state index contributed by atoms with van der Waals surface area (Å²) >= 11 is 0. The van der Waals surface area contributed by atoms with Gasteiger partial charge in [-0.15, -0.1) is 0 Å². The summed E-state index contributed by atoms with van der Waals surface area (Å²) in [6.07, 6.45) is 3.22. The molecule has 0 fully saturated rings. The molecule has 2 N–H and O–H groups in total. The summed E-state index contributed by atoms with van der Waals surface area (Å²) in [4.78, 5) is 26.2. The van der Waals surface area contributed by atoms with Crippen molar-refractivity contribution in [3.8, 4) is 5.75 Å². The van der Waals surface area contributed by atoms with E-state index in [1.165, 1.54) is 12.3 Å². The first-order chi connectivity index (χ1) is 9.88. The van der Waals surface area contributed by atoms with Crippen LogP contribution in [0, 0.1) is 5.92 Å². The second-order valence-electron chi connectivity index (χ2n) is 4.99. The molecule has 0 aliphatic rings. The number of rotatable bonds is 7. The van der Waals surface area contributed by atoms with Crippen molar-refractivity contribution in [1.82, 2.24) is 10.3 Å². The first-order valence-corrected chi connectivity index (χ1v) is 6.70. The highest BCUT2D eigenvalue weighted by Crippen LogP contribution is 2.12. The van der Waals surface area contributed by atoms with E-state index in [0.717, 1.165) is 6.08 Å². The van der Waals surface area contributed by atoms with E-state index in [2.05, 4.69) is 10.3 Å². The fraction of sp³-hybridized carbons (Fsp3) is 0.400. The number of carboxylic acid groups (broad SMARTS) is 1. The average Bonchev–Trinajstić information content (AvgIpc) is 2.43. The van der Waals surface area contributed by atoms with Crippen LogP contribution in [0.2, 0.25) is 0 Å². The van der Waals surface area contributed by atoms with Crippen LogP contribution in [0.5, 0.6) is 5.75 Å². The fourth-order valence-electron chi connectivity index (χ4n) is 1.42. The quantitative estimate of drug-likeness (QED) is 0.747. The number of nitrogens with zero attached hydrogens (tertiary/aromatic N) is 1. The molecule has 1 aromatic rings. The van der Waals surface area contributed by atoms with Crippen LogP contribution >= 0.6 is 0 Å². The van der Waals surface area contributed by atoms with Crippen LogP contribution in [0.1, 0.15) is 26.5 Å². The lowest BCUT2D eigenvalue weighted by Crippen LogP contribution is -2.38. The molecule has 0 aromatic carbocycles. The molecular weight excluding hydrogens is 272 g/mol. The summed E-state index contributed by atoms with van der Waals surface area (Å²) in [6.45, 7) is 6.29. The third-order valence-corrected chi connectivity index (χ3v) is 2.52. The van der Waals surface area contributed by atoms with Gasteiger partial charge < -0.3 is 15.2 Å². The average molecular weight is 292 g/mol. The largest absolute Gasteiger partial charge is 0.479 e. The van der Waals surface area contributed by atoms with Crippen LogP contribution in [0.4, 0.5) is 0 Å². The first-order valence-electron chi connectivity index (χ1n) is 6.70. The number of carboxylic acids is 1. The van der Waals surface area contributed by atoms with Crippen molar-refractivity contribution < 1.29 is 19.4 Å². The van der Waals surface area contributed by atoms with Gasteiger partial charge in [-0.3, -0.25) is 9.78 Å². The van der Waals surface area contributed by atoms with E-state index in [1.54, 1.807) is 19.1 Å². The Labute approximate surface area is 123 Å². The lowest BCUT2D eigenvalue weighted by molar-refractivity contribution is -0.131. The summed E-state index contributed by atoms with van der Waals surface area (Å²) in [6, 6.07) is 3.26. The lowest BCUT2D eigenvalue weighted by atomic mass is 10.2. The molecular formula is C15H20N2O4. The van der Waals surface area contributed by atoms with E-state index in [0.29, 0.717) is 23.9 Å². The molecule has 1 atom stereocenters. The van der Waals surface area contributed by atoms with E-state index in [-0.39, 0.29) is 5.91 Å². The van der Waals surface area contributed by atoms with Crippen molar-refractivity contribution in [3.63, 3.8) is 0 Å². The number of aliphatic carboxylic acids is 1. The molecule has 6 nitrogen and oxygen atoms in total. The Hall–Kier alpha value is -2.37. The predicted molar refractivity (Wildman–Crippen MR) is 78.8 cm³/mol. The van der Waals surface area contributed by atoms with Gasteiger partial charge in [0.15, 0.2) is 6.10 Å². The number of hydrogen-bond acceptors (Lipinski definition) is 4. The Morgan fingerprint density at radius 1 is 1.38 bits per heavy atom. The number of carbonyl (C=O) groups excluding carboxylic acids is 1. The number of carbonyl (C=O) groups is 2. The lowest BCUT2D eigenvalue weighted by Gasteiger charge is -2.15. The normalized spacial score (nSPS) is 12.4. The minimum atomic E-state index is -1.03. The molecule has 0 aliphatic heterocycles. The molecule has 0 saturated carbocycles. The zero-order valence-electron chi connectivity index (χ0n) is 12.4. The molecule has 0 spiro atoms. The molecule has 1 aromatic heterocycles. The smallest absolute Gasteiger partial charge is 0.328 e. The summed E-state index contributed by atoms with van der Waals surface area (Å²) in [7, 11) is 0. The van der Waals surface area contributed by atoms with Gasteiger partial charge >= 0.3 is 5.97 Å². The monoisotopic (exact) mass is 292 g/mol. The minimum Gasteiger partial charge on any atom is -0.479 e. The summed E-state index contributed by atoms with van der Waals surface area (Å²) in [5.41, 5.74) is 0.502. The molecule has 1 unspecified atom stereocenters. The maximum absolute atomic E-state index is 11.8. The highest BCUT2D eigenvalue weighted by atomic mass is 16.5. The number of nitrogens with one attached hydrogen (secondary N) is 1. The van der Waals surface area contributed by atoms with Crippen LogP contribution < -0.4 is 10.1 Å². The van der Waals surface area contributed by atoms with Gasteiger partial charge in [0.25, 0.3) is 5.91 Å². The Morgan fingerprint density at radius 3 is 2.62 bits per heavy atom. The number of amides is 1. The van der Waals surface area contributed by atoms with E-state index in [4.69, 9.17) is 9.84 Å². The maximum atomic E-state index is 11.8. The summed E-state index contributed by atoms with van der Waals surface area (Å²) in [5, 5.41) is 11.3. The van der Waals surface area contributed by atoms with Gasteiger partial charge in [0, 0.05) is 12.6 Å². The molecule has 6 heteroatoms. The summed E-state index contributed by atoms with van der Waals surface area (Å²) < 4.78 is 5.47. The third kappa shape index (κ3) is 6.56. The maximum Gasteiger partial charge on any atom is 0.328 e. The van der Waals surface area contributed by atoms with Crippen molar-refractivity contribution in [2.75, 3.05) is 6.54 Å². The molecule has 0 aliphatic carbocycles. The van der Waals surface area contributed by atoms with Gasteiger partial charge in [-0.05, 0) is 31.1 Å². The van der Waals surface area contributed by atoms with E-state index in [9.17, 15) is 9.59 Å². The van der Waals surface area contributed by atoms with Crippen LogP contribution in [-0.2, 0) is 9.59 Å². The Morgan fingerprint density at radius 2 is 2.10 bits per heavy atom. The molecule has 1 heterocycles. The Kier molecular flexibility index (Phi) is 6.39. The second-order valence-corrected chi connectivity index (χ2v) is 4.99. The van der Waals surface area contributed by atoms with Gasteiger partial charge in [-0.25, -0.2) is 4.79 Å². The second kappa shape index (κ2) is 8.04. The van der Waals surface area contributed by atoms with E-state index < -0.39 is 12.1 Å². The van der Waals surface area contributed by atoms with Gasteiger partial charge in [0.2, 0.25) is 0 Å². The highest BCUT2D eigenvalue weighted by molar-refractivity contribution is 5.84. The van der Waals surface area contributed by atoms with Crippen molar-refractivity contribution in [2.45, 2.75) is 26.9 Å². The highest BCUT2D eigenvalue weighted by Gasteiger charge is 2.14. The van der Waals surface area contributed by atoms with E-state index in [1.807, 2.05) is 13.8 Å². The predicted octanol–water partition coefficient (Wildman–Crippen LogP) is 1.72. The Bertz CT molecular complexity index is 509.